The molecule has 0 aromatic heterocycles. The van der Waals surface area contributed by atoms with E-state index in [9.17, 15) is 24.3 Å². The SMILES string of the molecule is CC(=O)ON(C(C)=O)C(=O)OCCCC1=C(C)C=C2C(=O)[C@](C)(O)C3(CC3)C(C)=C21. The van der Waals surface area contributed by atoms with Gasteiger partial charge in [-0.15, -0.1) is 0 Å². The summed E-state index contributed by atoms with van der Waals surface area (Å²) in [4.78, 5) is 51.9. The number of fused-ring (bicyclic) bond motifs is 1. The van der Waals surface area contributed by atoms with Crippen LogP contribution in [0.1, 0.15) is 60.3 Å². The third-order valence-electron chi connectivity index (χ3n) is 6.34. The largest absolute Gasteiger partial charge is 0.451 e. The Balaban J connectivity index is 1.67. The minimum atomic E-state index is -1.38. The molecule has 0 saturated heterocycles. The molecule has 8 nitrogen and oxygen atoms in total. The van der Waals surface area contributed by atoms with E-state index in [0.29, 0.717) is 18.4 Å². The molecule has 0 bridgehead atoms. The zero-order valence-corrected chi connectivity index (χ0v) is 18.0. The zero-order chi connectivity index (χ0) is 22.4. The molecule has 1 saturated carbocycles. The van der Waals surface area contributed by atoms with Crippen molar-refractivity contribution in [3.05, 3.63) is 33.9 Å². The number of carbonyl (C=O) groups is 4. The second kappa shape index (κ2) is 7.50. The van der Waals surface area contributed by atoms with Crippen molar-refractivity contribution in [2.75, 3.05) is 6.61 Å². The van der Waals surface area contributed by atoms with Crippen molar-refractivity contribution in [2.24, 2.45) is 5.41 Å². The van der Waals surface area contributed by atoms with E-state index in [2.05, 4.69) is 4.84 Å². The van der Waals surface area contributed by atoms with E-state index in [1.165, 1.54) is 0 Å². The number of rotatable bonds is 4. The molecule has 0 aliphatic heterocycles. The van der Waals surface area contributed by atoms with Crippen LogP contribution in [0.3, 0.4) is 0 Å². The molecule has 0 aromatic carbocycles. The number of hydroxylamine groups is 2. The molecule has 3 aliphatic rings. The number of ketones is 1. The molecule has 1 fully saturated rings. The van der Waals surface area contributed by atoms with Crippen molar-refractivity contribution in [1.82, 2.24) is 5.06 Å². The van der Waals surface area contributed by atoms with Crippen molar-refractivity contribution in [2.45, 2.75) is 65.9 Å². The van der Waals surface area contributed by atoms with Crippen molar-refractivity contribution >= 4 is 23.8 Å². The first-order valence-electron chi connectivity index (χ1n) is 10.0. The van der Waals surface area contributed by atoms with Gasteiger partial charge in [0.2, 0.25) is 0 Å². The van der Waals surface area contributed by atoms with E-state index < -0.39 is 29.0 Å². The van der Waals surface area contributed by atoms with Crippen molar-refractivity contribution in [3.63, 3.8) is 0 Å². The molecule has 8 heteroatoms. The van der Waals surface area contributed by atoms with Crippen LogP contribution < -0.4 is 0 Å². The van der Waals surface area contributed by atoms with Crippen LogP contribution in [0.15, 0.2) is 33.9 Å². The molecule has 0 radical (unpaired) electrons. The Morgan fingerprint density at radius 1 is 1.20 bits per heavy atom. The summed E-state index contributed by atoms with van der Waals surface area (Å²) in [5, 5.41) is 11.2. The van der Waals surface area contributed by atoms with Gasteiger partial charge in [0.1, 0.15) is 5.60 Å². The number of amides is 2. The van der Waals surface area contributed by atoms with Crippen LogP contribution in [0.25, 0.3) is 0 Å². The smallest absolute Gasteiger partial charge is 0.447 e. The maximum Gasteiger partial charge on any atom is 0.451 e. The Labute approximate surface area is 175 Å². The summed E-state index contributed by atoms with van der Waals surface area (Å²) in [6.07, 6.45) is 3.37. The van der Waals surface area contributed by atoms with Gasteiger partial charge in [-0.3, -0.25) is 9.59 Å². The van der Waals surface area contributed by atoms with Gasteiger partial charge in [-0.2, -0.15) is 0 Å². The quantitative estimate of drug-likeness (QED) is 0.553. The lowest BCUT2D eigenvalue weighted by molar-refractivity contribution is -0.187. The fourth-order valence-electron chi connectivity index (χ4n) is 4.56. The number of carbonyl (C=O) groups excluding carboxylic acids is 4. The predicted molar refractivity (Wildman–Crippen MR) is 106 cm³/mol. The first-order chi connectivity index (χ1) is 13.9. The molecule has 1 N–H and O–H groups in total. The number of aliphatic hydroxyl groups is 1. The highest BCUT2D eigenvalue weighted by Crippen LogP contribution is 2.65. The Morgan fingerprint density at radius 2 is 1.83 bits per heavy atom. The van der Waals surface area contributed by atoms with Gasteiger partial charge < -0.3 is 14.7 Å². The Hall–Kier alpha value is -2.74. The minimum Gasteiger partial charge on any atom is -0.447 e. The number of ether oxygens (including phenoxy) is 1. The van der Waals surface area contributed by atoms with E-state index in [-0.39, 0.29) is 17.5 Å². The van der Waals surface area contributed by atoms with Crippen LogP contribution in [0.4, 0.5) is 4.79 Å². The molecule has 162 valence electrons. The third kappa shape index (κ3) is 3.39. The summed E-state index contributed by atoms with van der Waals surface area (Å²) in [6.45, 7) is 7.70. The lowest BCUT2D eigenvalue weighted by Gasteiger charge is -2.39. The number of hydrogen-bond donors (Lipinski definition) is 1. The molecule has 3 rings (SSSR count). The highest BCUT2D eigenvalue weighted by atomic mass is 16.8. The van der Waals surface area contributed by atoms with E-state index in [4.69, 9.17) is 4.74 Å². The number of Topliss-reactive ketones (excluding diaryl/α,β-unsaturated/α-hetero) is 1. The molecular formula is C22H27NO7. The van der Waals surface area contributed by atoms with Gasteiger partial charge in [-0.25, -0.2) is 9.59 Å². The molecular weight excluding hydrogens is 390 g/mol. The highest BCUT2D eigenvalue weighted by Gasteiger charge is 2.64. The number of allylic oxidation sites excluding steroid dienone is 4. The number of imide groups is 1. The highest BCUT2D eigenvalue weighted by molar-refractivity contribution is 6.10. The molecule has 30 heavy (non-hydrogen) atoms. The van der Waals surface area contributed by atoms with Crippen LogP contribution in [-0.4, -0.2) is 46.1 Å². The first kappa shape index (κ1) is 22.0. The molecule has 2 amide bonds. The van der Waals surface area contributed by atoms with Crippen molar-refractivity contribution < 1.29 is 33.9 Å². The standard InChI is InChI=1S/C22H27NO7/c1-12-11-17-18(13(2)22(8-9-22)21(5,28)19(17)26)16(12)7-6-10-29-20(27)23(14(3)24)30-15(4)25/h11,28H,6-10H2,1-5H3/t21-/m0/s1. The maximum atomic E-state index is 12.9. The van der Waals surface area contributed by atoms with Gasteiger partial charge in [0, 0.05) is 24.8 Å². The van der Waals surface area contributed by atoms with Crippen LogP contribution in [0.2, 0.25) is 0 Å². The van der Waals surface area contributed by atoms with Gasteiger partial charge in [-0.05, 0) is 69.2 Å². The van der Waals surface area contributed by atoms with E-state index in [1.807, 2.05) is 19.9 Å². The summed E-state index contributed by atoms with van der Waals surface area (Å²) in [6, 6.07) is 0. The first-order valence-corrected chi connectivity index (χ1v) is 10.0. The second-order valence-corrected chi connectivity index (χ2v) is 8.32. The van der Waals surface area contributed by atoms with E-state index >= 15 is 0 Å². The average molecular weight is 417 g/mol. The van der Waals surface area contributed by atoms with Crippen LogP contribution >= 0.6 is 0 Å². The molecule has 0 heterocycles. The second-order valence-electron chi connectivity index (χ2n) is 8.32. The molecule has 1 spiro atoms. The Kier molecular flexibility index (Phi) is 5.49. The van der Waals surface area contributed by atoms with Gasteiger partial charge in [0.15, 0.2) is 5.78 Å². The van der Waals surface area contributed by atoms with E-state index in [1.54, 1.807) is 6.92 Å². The molecule has 1 atom stereocenters. The lowest BCUT2D eigenvalue weighted by atomic mass is 9.67. The number of hydrogen-bond acceptors (Lipinski definition) is 7. The summed E-state index contributed by atoms with van der Waals surface area (Å²) < 4.78 is 5.06. The monoisotopic (exact) mass is 417 g/mol. The summed E-state index contributed by atoms with van der Waals surface area (Å²) in [7, 11) is 0. The molecule has 0 unspecified atom stereocenters. The predicted octanol–water partition coefficient (Wildman–Crippen LogP) is 2.92. The fraction of sp³-hybridized carbons (Fsp3) is 0.545. The minimum absolute atomic E-state index is 0.0130. The topological polar surface area (TPSA) is 110 Å². The van der Waals surface area contributed by atoms with Gasteiger partial charge in [0.05, 0.1) is 6.61 Å². The maximum absolute atomic E-state index is 12.9. The Morgan fingerprint density at radius 3 is 2.37 bits per heavy atom. The number of nitrogens with zero attached hydrogens (tertiary/aromatic N) is 1. The lowest BCUT2D eigenvalue weighted by Crippen LogP contribution is -2.49. The van der Waals surface area contributed by atoms with Crippen molar-refractivity contribution in [1.29, 1.82) is 0 Å². The van der Waals surface area contributed by atoms with E-state index in [0.717, 1.165) is 49.0 Å². The van der Waals surface area contributed by atoms with Crippen molar-refractivity contribution in [3.8, 4) is 0 Å². The average Bonchev–Trinajstić information content (AvgIpc) is 3.41. The van der Waals surface area contributed by atoms with Crippen LogP contribution in [-0.2, 0) is 24.0 Å². The molecule has 3 aliphatic carbocycles. The fourth-order valence-corrected chi connectivity index (χ4v) is 4.56. The summed E-state index contributed by atoms with van der Waals surface area (Å²) in [5.74, 6) is -1.80. The van der Waals surface area contributed by atoms with Gasteiger partial charge in [0.25, 0.3) is 5.91 Å². The molecule has 0 aromatic rings. The normalized spacial score (nSPS) is 23.9. The zero-order valence-electron chi connectivity index (χ0n) is 18.0. The van der Waals surface area contributed by atoms with Crippen LogP contribution in [0, 0.1) is 5.41 Å². The van der Waals surface area contributed by atoms with Crippen LogP contribution in [0.5, 0.6) is 0 Å². The third-order valence-corrected chi connectivity index (χ3v) is 6.34. The Bertz CT molecular complexity index is 931. The van der Waals surface area contributed by atoms with Gasteiger partial charge >= 0.3 is 12.1 Å². The van der Waals surface area contributed by atoms with Gasteiger partial charge in [-0.1, -0.05) is 10.6 Å². The summed E-state index contributed by atoms with van der Waals surface area (Å²) >= 11 is 0. The summed E-state index contributed by atoms with van der Waals surface area (Å²) in [5.41, 5.74) is 2.61.